The lowest BCUT2D eigenvalue weighted by Gasteiger charge is -2.36. The zero-order chi connectivity index (χ0) is 13.4. The predicted molar refractivity (Wildman–Crippen MR) is 78.3 cm³/mol. The number of para-hydroxylation sites is 1. The number of piperazine rings is 1. The van der Waals surface area contributed by atoms with E-state index in [1.54, 1.807) is 0 Å². The van der Waals surface area contributed by atoms with E-state index in [1.165, 1.54) is 10.9 Å². The minimum Gasteiger partial charge on any atom is -0.461 e. The van der Waals surface area contributed by atoms with E-state index in [2.05, 4.69) is 49.2 Å². The molecule has 1 aromatic heterocycles. The number of benzene rings is 1. The molecule has 0 radical (unpaired) electrons. The van der Waals surface area contributed by atoms with E-state index in [-0.39, 0.29) is 0 Å². The van der Waals surface area contributed by atoms with Crippen molar-refractivity contribution in [2.24, 2.45) is 0 Å². The quantitative estimate of drug-likeness (QED) is 0.897. The topological polar surface area (TPSA) is 28.4 Å². The Morgan fingerprint density at radius 3 is 2.63 bits per heavy atom. The molecule has 2 aromatic rings. The van der Waals surface area contributed by atoms with E-state index in [9.17, 15) is 0 Å². The van der Waals surface area contributed by atoms with Crippen LogP contribution in [0, 0.1) is 6.92 Å². The standard InChI is InChI=1S/C16H22N2O/c1-11-8-18(9-12(2)17-11)10-15-13(3)19-16-7-5-4-6-14(15)16/h4-7,11-12,17H,8-10H2,1-3H3. The summed E-state index contributed by atoms with van der Waals surface area (Å²) in [4.78, 5) is 2.52. The maximum absolute atomic E-state index is 5.85. The summed E-state index contributed by atoms with van der Waals surface area (Å²) in [6.07, 6.45) is 0. The summed E-state index contributed by atoms with van der Waals surface area (Å²) in [5, 5.41) is 4.84. The van der Waals surface area contributed by atoms with Crippen LogP contribution >= 0.6 is 0 Å². The van der Waals surface area contributed by atoms with Gasteiger partial charge in [0, 0.05) is 42.7 Å². The highest BCUT2D eigenvalue weighted by Crippen LogP contribution is 2.26. The number of aryl methyl sites for hydroxylation is 1. The van der Waals surface area contributed by atoms with Crippen molar-refractivity contribution < 1.29 is 4.42 Å². The molecule has 3 nitrogen and oxygen atoms in total. The SMILES string of the molecule is Cc1oc2ccccc2c1CN1CC(C)NC(C)C1. The first-order valence-corrected chi connectivity index (χ1v) is 7.09. The summed E-state index contributed by atoms with van der Waals surface area (Å²) in [5.41, 5.74) is 2.35. The summed E-state index contributed by atoms with van der Waals surface area (Å²) >= 11 is 0. The van der Waals surface area contributed by atoms with Gasteiger partial charge in [0.15, 0.2) is 0 Å². The Hall–Kier alpha value is -1.32. The van der Waals surface area contributed by atoms with Crippen LogP contribution in [0.2, 0.25) is 0 Å². The van der Waals surface area contributed by atoms with Gasteiger partial charge in [0.25, 0.3) is 0 Å². The Morgan fingerprint density at radius 1 is 1.21 bits per heavy atom. The monoisotopic (exact) mass is 258 g/mol. The second-order valence-corrected chi connectivity index (χ2v) is 5.80. The van der Waals surface area contributed by atoms with Crippen LogP contribution in [0.15, 0.2) is 28.7 Å². The Labute approximate surface area is 114 Å². The molecule has 1 aliphatic rings. The first-order chi connectivity index (χ1) is 9.13. The molecule has 0 spiro atoms. The number of hydrogen-bond donors (Lipinski definition) is 1. The summed E-state index contributed by atoms with van der Waals surface area (Å²) in [6, 6.07) is 9.45. The van der Waals surface area contributed by atoms with Crippen molar-refractivity contribution in [3.8, 4) is 0 Å². The normalized spacial score (nSPS) is 25.0. The van der Waals surface area contributed by atoms with Crippen molar-refractivity contribution in [1.29, 1.82) is 0 Å². The van der Waals surface area contributed by atoms with Crippen LogP contribution < -0.4 is 5.32 Å². The second kappa shape index (κ2) is 4.99. The summed E-state index contributed by atoms with van der Waals surface area (Å²) in [6.45, 7) is 9.77. The third-order valence-corrected chi connectivity index (χ3v) is 3.92. The number of furan rings is 1. The number of nitrogens with zero attached hydrogens (tertiary/aromatic N) is 1. The highest BCUT2D eigenvalue weighted by molar-refractivity contribution is 5.82. The van der Waals surface area contributed by atoms with Crippen molar-refractivity contribution in [3.63, 3.8) is 0 Å². The molecule has 102 valence electrons. The maximum atomic E-state index is 5.85. The summed E-state index contributed by atoms with van der Waals surface area (Å²) < 4.78 is 5.85. The lowest BCUT2D eigenvalue weighted by molar-refractivity contribution is 0.166. The molecular weight excluding hydrogens is 236 g/mol. The van der Waals surface area contributed by atoms with Gasteiger partial charge in [-0.1, -0.05) is 18.2 Å². The minimum absolute atomic E-state index is 0.558. The van der Waals surface area contributed by atoms with Gasteiger partial charge < -0.3 is 9.73 Å². The molecule has 1 aromatic carbocycles. The van der Waals surface area contributed by atoms with Crippen LogP contribution in [-0.4, -0.2) is 30.1 Å². The smallest absolute Gasteiger partial charge is 0.134 e. The molecule has 0 saturated carbocycles. The lowest BCUT2D eigenvalue weighted by atomic mass is 10.1. The van der Waals surface area contributed by atoms with Crippen LogP contribution in [0.5, 0.6) is 0 Å². The molecule has 19 heavy (non-hydrogen) atoms. The van der Waals surface area contributed by atoms with Gasteiger partial charge in [0.1, 0.15) is 11.3 Å². The van der Waals surface area contributed by atoms with E-state index in [0.717, 1.165) is 31.0 Å². The van der Waals surface area contributed by atoms with Gasteiger partial charge in [-0.05, 0) is 26.8 Å². The number of rotatable bonds is 2. The van der Waals surface area contributed by atoms with Crippen LogP contribution in [-0.2, 0) is 6.54 Å². The number of nitrogens with one attached hydrogen (secondary N) is 1. The Bertz CT molecular complexity index is 565. The van der Waals surface area contributed by atoms with Crippen molar-refractivity contribution in [2.45, 2.75) is 39.4 Å². The highest BCUT2D eigenvalue weighted by Gasteiger charge is 2.22. The average Bonchev–Trinajstić information content (AvgIpc) is 2.65. The first-order valence-electron chi connectivity index (χ1n) is 7.09. The van der Waals surface area contributed by atoms with Gasteiger partial charge in [-0.3, -0.25) is 4.90 Å². The van der Waals surface area contributed by atoms with Gasteiger partial charge in [0.05, 0.1) is 0 Å². The van der Waals surface area contributed by atoms with Gasteiger partial charge in [-0.25, -0.2) is 0 Å². The molecule has 1 fully saturated rings. The second-order valence-electron chi connectivity index (χ2n) is 5.80. The highest BCUT2D eigenvalue weighted by atomic mass is 16.3. The largest absolute Gasteiger partial charge is 0.461 e. The van der Waals surface area contributed by atoms with Gasteiger partial charge >= 0.3 is 0 Å². The molecule has 2 heterocycles. The zero-order valence-corrected chi connectivity index (χ0v) is 11.9. The number of fused-ring (bicyclic) bond motifs is 1. The lowest BCUT2D eigenvalue weighted by Crippen LogP contribution is -2.53. The van der Waals surface area contributed by atoms with E-state index in [0.29, 0.717) is 12.1 Å². The molecule has 3 rings (SSSR count). The van der Waals surface area contributed by atoms with E-state index in [1.807, 2.05) is 6.07 Å². The van der Waals surface area contributed by atoms with Gasteiger partial charge in [0.2, 0.25) is 0 Å². The molecule has 3 heteroatoms. The van der Waals surface area contributed by atoms with Crippen LogP contribution in [0.3, 0.4) is 0 Å². The Balaban J connectivity index is 1.86. The van der Waals surface area contributed by atoms with E-state index in [4.69, 9.17) is 4.42 Å². The maximum Gasteiger partial charge on any atom is 0.134 e. The fourth-order valence-electron chi connectivity index (χ4n) is 3.21. The molecule has 2 unspecified atom stereocenters. The summed E-state index contributed by atoms with van der Waals surface area (Å²) in [7, 11) is 0. The van der Waals surface area contributed by atoms with E-state index >= 15 is 0 Å². The molecule has 0 bridgehead atoms. The van der Waals surface area contributed by atoms with Crippen LogP contribution in [0.1, 0.15) is 25.2 Å². The summed E-state index contributed by atoms with van der Waals surface area (Å²) in [5.74, 6) is 1.06. The molecule has 2 atom stereocenters. The van der Waals surface area contributed by atoms with Gasteiger partial charge in [-0.15, -0.1) is 0 Å². The fourth-order valence-corrected chi connectivity index (χ4v) is 3.21. The Morgan fingerprint density at radius 2 is 1.89 bits per heavy atom. The molecule has 1 saturated heterocycles. The van der Waals surface area contributed by atoms with E-state index < -0.39 is 0 Å². The number of hydrogen-bond acceptors (Lipinski definition) is 3. The minimum atomic E-state index is 0.558. The predicted octanol–water partition coefficient (Wildman–Crippen LogP) is 2.92. The van der Waals surface area contributed by atoms with Crippen molar-refractivity contribution in [3.05, 3.63) is 35.6 Å². The fraction of sp³-hybridized carbons (Fsp3) is 0.500. The van der Waals surface area contributed by atoms with Crippen LogP contribution in [0.25, 0.3) is 11.0 Å². The third kappa shape index (κ3) is 2.53. The average molecular weight is 258 g/mol. The molecule has 0 amide bonds. The van der Waals surface area contributed by atoms with Crippen molar-refractivity contribution in [1.82, 2.24) is 10.2 Å². The first kappa shape index (κ1) is 12.7. The molecule has 1 N–H and O–H groups in total. The van der Waals surface area contributed by atoms with Crippen molar-refractivity contribution in [2.75, 3.05) is 13.1 Å². The molecule has 0 aliphatic carbocycles. The van der Waals surface area contributed by atoms with Crippen LogP contribution in [0.4, 0.5) is 0 Å². The molecule has 1 aliphatic heterocycles. The Kier molecular flexibility index (Phi) is 3.33. The zero-order valence-electron chi connectivity index (χ0n) is 11.9. The van der Waals surface area contributed by atoms with Crippen molar-refractivity contribution >= 4 is 11.0 Å². The third-order valence-electron chi connectivity index (χ3n) is 3.92. The van der Waals surface area contributed by atoms with Gasteiger partial charge in [-0.2, -0.15) is 0 Å². The molecular formula is C16H22N2O.